The lowest BCUT2D eigenvalue weighted by Gasteiger charge is -2.52. The summed E-state index contributed by atoms with van der Waals surface area (Å²) in [4.78, 5) is 35.2. The van der Waals surface area contributed by atoms with Crippen LogP contribution in [0, 0.1) is 32.6 Å². The van der Waals surface area contributed by atoms with E-state index in [9.17, 15) is 9.59 Å². The summed E-state index contributed by atoms with van der Waals surface area (Å²) < 4.78 is 0. The second-order valence-corrected chi connectivity index (χ2v) is 10.8. The molecule has 38 heavy (non-hydrogen) atoms. The van der Waals surface area contributed by atoms with Crippen LogP contribution >= 0.6 is 0 Å². The fourth-order valence-corrected chi connectivity index (χ4v) is 7.04. The molecule has 4 nitrogen and oxygen atoms in total. The van der Waals surface area contributed by atoms with Gasteiger partial charge >= 0.3 is 0 Å². The quantitative estimate of drug-likeness (QED) is 0.238. The van der Waals surface area contributed by atoms with Crippen LogP contribution in [0.5, 0.6) is 0 Å². The second kappa shape index (κ2) is 8.09. The predicted molar refractivity (Wildman–Crippen MR) is 150 cm³/mol. The van der Waals surface area contributed by atoms with Crippen molar-refractivity contribution in [1.82, 2.24) is 0 Å². The summed E-state index contributed by atoms with van der Waals surface area (Å²) in [6, 6.07) is 30.4. The molecule has 4 heteroatoms. The van der Waals surface area contributed by atoms with Crippen molar-refractivity contribution in [2.24, 2.45) is 16.8 Å². The molecule has 1 heterocycles. The highest BCUT2D eigenvalue weighted by Crippen LogP contribution is 2.63. The van der Waals surface area contributed by atoms with Crippen LogP contribution in [0.2, 0.25) is 0 Å². The van der Waals surface area contributed by atoms with Gasteiger partial charge in [-0.3, -0.25) is 14.6 Å². The van der Waals surface area contributed by atoms with Crippen molar-refractivity contribution in [3.05, 3.63) is 130 Å². The van der Waals surface area contributed by atoms with E-state index in [0.717, 1.165) is 39.1 Å². The van der Waals surface area contributed by atoms with E-state index in [1.165, 1.54) is 10.5 Å². The molecule has 2 atom stereocenters. The average Bonchev–Trinajstić information content (AvgIpc) is 3.21. The Hall–Kier alpha value is -4.31. The molecule has 186 valence electrons. The fraction of sp³-hybridized carbons (Fsp3) is 0.206. The van der Waals surface area contributed by atoms with Gasteiger partial charge < -0.3 is 0 Å². The zero-order valence-corrected chi connectivity index (χ0v) is 21.7. The number of nitrogens with zero attached hydrogens (tertiary/aromatic N) is 2. The van der Waals surface area contributed by atoms with Crippen molar-refractivity contribution < 1.29 is 9.59 Å². The van der Waals surface area contributed by atoms with Crippen LogP contribution in [0.25, 0.3) is 0 Å². The number of imide groups is 1. The van der Waals surface area contributed by atoms with Gasteiger partial charge in [-0.15, -0.1) is 0 Å². The fourth-order valence-electron chi connectivity index (χ4n) is 7.04. The summed E-state index contributed by atoms with van der Waals surface area (Å²) >= 11 is 0. The Bertz CT molecular complexity index is 1620. The maximum absolute atomic E-state index is 14.4. The van der Waals surface area contributed by atoms with E-state index in [2.05, 4.69) is 44.2 Å². The van der Waals surface area contributed by atoms with Gasteiger partial charge in [0.1, 0.15) is 0 Å². The molecule has 0 N–H and O–H groups in total. The van der Waals surface area contributed by atoms with Crippen LogP contribution in [0.15, 0.2) is 96.0 Å². The van der Waals surface area contributed by atoms with Gasteiger partial charge in [0.2, 0.25) is 11.8 Å². The van der Waals surface area contributed by atoms with Gasteiger partial charge in [-0.05, 0) is 72.4 Å². The molecule has 2 bridgehead atoms. The smallest absolute Gasteiger partial charge is 0.239 e. The first kappa shape index (κ1) is 22.9. The summed E-state index contributed by atoms with van der Waals surface area (Å²) in [5.74, 6) is -1.50. The van der Waals surface area contributed by atoms with Gasteiger partial charge in [0.25, 0.3) is 0 Å². The van der Waals surface area contributed by atoms with Crippen molar-refractivity contribution in [2.75, 3.05) is 4.90 Å². The number of benzene rings is 4. The highest BCUT2D eigenvalue weighted by Gasteiger charge is 2.67. The molecule has 1 saturated heterocycles. The lowest BCUT2D eigenvalue weighted by Crippen LogP contribution is -2.54. The standard InChI is InChI=1S/C34H28N2O2/c1-20-15-17-23(18-16-20)36-32(37)30-29-24-10-4-6-12-26(24)34(31(30)33(36)38,27-13-7-5-11-25(27)29)19-35-28-14-8-9-21(2)22(28)3/h4-19,29-31H,1-3H3/t29?,30-,31+,34?/m0/s1. The van der Waals surface area contributed by atoms with E-state index in [1.54, 1.807) is 0 Å². The van der Waals surface area contributed by atoms with Gasteiger partial charge in [-0.25, -0.2) is 4.90 Å². The molecule has 8 rings (SSSR count). The first-order valence-electron chi connectivity index (χ1n) is 13.2. The summed E-state index contributed by atoms with van der Waals surface area (Å²) in [5, 5.41) is 0. The van der Waals surface area contributed by atoms with E-state index >= 15 is 0 Å². The third-order valence-electron chi connectivity index (χ3n) is 8.96. The van der Waals surface area contributed by atoms with Crippen LogP contribution in [-0.2, 0) is 15.0 Å². The van der Waals surface area contributed by atoms with Crippen molar-refractivity contribution in [3.8, 4) is 0 Å². The second-order valence-electron chi connectivity index (χ2n) is 10.8. The summed E-state index contributed by atoms with van der Waals surface area (Å²) in [7, 11) is 0. The van der Waals surface area contributed by atoms with Crippen LogP contribution in [0.4, 0.5) is 11.4 Å². The monoisotopic (exact) mass is 496 g/mol. The zero-order valence-electron chi connectivity index (χ0n) is 21.7. The minimum atomic E-state index is -0.852. The topological polar surface area (TPSA) is 49.7 Å². The molecule has 1 aliphatic heterocycles. The number of hydrogen-bond donors (Lipinski definition) is 0. The zero-order chi connectivity index (χ0) is 26.2. The number of anilines is 1. The third-order valence-corrected chi connectivity index (χ3v) is 8.96. The molecule has 4 aliphatic rings. The summed E-state index contributed by atoms with van der Waals surface area (Å²) in [6.45, 7) is 6.16. The van der Waals surface area contributed by atoms with Crippen molar-refractivity contribution >= 4 is 29.4 Å². The van der Waals surface area contributed by atoms with Crippen LogP contribution in [0.3, 0.4) is 0 Å². The first-order valence-corrected chi connectivity index (χ1v) is 13.2. The molecule has 4 aromatic rings. The molecule has 0 saturated carbocycles. The van der Waals surface area contributed by atoms with Gasteiger partial charge in [0, 0.05) is 12.1 Å². The van der Waals surface area contributed by atoms with E-state index < -0.39 is 17.3 Å². The Labute approximate surface area is 222 Å². The molecule has 1 fully saturated rings. The number of amides is 2. The molecular formula is C34H28N2O2. The number of carbonyl (C=O) groups is 2. The van der Waals surface area contributed by atoms with Gasteiger partial charge in [0.15, 0.2) is 0 Å². The minimum absolute atomic E-state index is 0.123. The summed E-state index contributed by atoms with van der Waals surface area (Å²) in [5.41, 5.74) is 8.41. The van der Waals surface area contributed by atoms with E-state index in [4.69, 9.17) is 4.99 Å². The molecule has 0 aromatic heterocycles. The Morgan fingerprint density at radius 3 is 2.03 bits per heavy atom. The van der Waals surface area contributed by atoms with Gasteiger partial charge in [0.05, 0.1) is 28.6 Å². The van der Waals surface area contributed by atoms with Crippen LogP contribution in [-0.4, -0.2) is 18.0 Å². The molecule has 2 amide bonds. The Balaban J connectivity index is 1.51. The molecule has 0 radical (unpaired) electrons. The number of rotatable bonds is 3. The lowest BCUT2D eigenvalue weighted by atomic mass is 9.47. The van der Waals surface area contributed by atoms with Gasteiger partial charge in [-0.2, -0.15) is 0 Å². The van der Waals surface area contributed by atoms with Crippen LogP contribution < -0.4 is 4.90 Å². The normalized spacial score (nSPS) is 25.0. The van der Waals surface area contributed by atoms with Crippen molar-refractivity contribution in [2.45, 2.75) is 32.1 Å². The third kappa shape index (κ3) is 2.89. The molecule has 3 aliphatic carbocycles. The first-order chi connectivity index (χ1) is 18.4. The van der Waals surface area contributed by atoms with Gasteiger partial charge in [-0.1, -0.05) is 78.4 Å². The molecule has 0 spiro atoms. The van der Waals surface area contributed by atoms with Crippen LogP contribution in [0.1, 0.15) is 44.9 Å². The van der Waals surface area contributed by atoms with Crippen molar-refractivity contribution in [3.63, 3.8) is 0 Å². The number of carbonyl (C=O) groups excluding carboxylic acids is 2. The minimum Gasteiger partial charge on any atom is -0.274 e. The van der Waals surface area contributed by atoms with E-state index in [-0.39, 0.29) is 17.7 Å². The summed E-state index contributed by atoms with van der Waals surface area (Å²) in [6.07, 6.45) is 1.98. The highest BCUT2D eigenvalue weighted by atomic mass is 16.2. The van der Waals surface area contributed by atoms with Crippen molar-refractivity contribution in [1.29, 1.82) is 0 Å². The number of hydrogen-bond acceptors (Lipinski definition) is 3. The molecule has 4 aromatic carbocycles. The predicted octanol–water partition coefficient (Wildman–Crippen LogP) is 6.57. The Morgan fingerprint density at radius 2 is 1.37 bits per heavy atom. The SMILES string of the molecule is Cc1ccc(N2C(=O)[C@H]3C4c5ccccc5C(C=Nc5cccc(C)c5C)(c5ccccc54)[C@H]3C2=O)cc1. The Morgan fingerprint density at radius 1 is 0.737 bits per heavy atom. The number of aliphatic imine (C=N–C) groups is 1. The average molecular weight is 497 g/mol. The maximum Gasteiger partial charge on any atom is 0.239 e. The van der Waals surface area contributed by atoms with E-state index in [1.807, 2.05) is 73.8 Å². The Kier molecular flexibility index (Phi) is 4.87. The largest absolute Gasteiger partial charge is 0.274 e. The molecular weight excluding hydrogens is 468 g/mol. The number of aryl methyl sites for hydroxylation is 2. The molecule has 0 unspecified atom stereocenters. The highest BCUT2D eigenvalue weighted by molar-refractivity contribution is 6.25. The maximum atomic E-state index is 14.4. The lowest BCUT2D eigenvalue weighted by molar-refractivity contribution is -0.122. The van der Waals surface area contributed by atoms with E-state index in [0.29, 0.717) is 5.69 Å².